The first-order valence-electron chi connectivity index (χ1n) is 7.49. The van der Waals surface area contributed by atoms with Crippen molar-refractivity contribution in [1.29, 1.82) is 0 Å². The summed E-state index contributed by atoms with van der Waals surface area (Å²) < 4.78 is 5.17. The molecule has 1 unspecified atom stereocenters. The Morgan fingerprint density at radius 1 is 1.50 bits per heavy atom. The number of carbonyl (C=O) groups excluding carboxylic acids is 1. The van der Waals surface area contributed by atoms with E-state index in [4.69, 9.17) is 4.52 Å². The number of aryl methyl sites for hydroxylation is 1. The van der Waals surface area contributed by atoms with E-state index in [2.05, 4.69) is 20.4 Å². The van der Waals surface area contributed by atoms with E-state index in [1.165, 1.54) is 0 Å². The predicted molar refractivity (Wildman–Crippen MR) is 80.5 cm³/mol. The molecule has 1 amide bonds. The van der Waals surface area contributed by atoms with Gasteiger partial charge in [-0.1, -0.05) is 12.1 Å². The summed E-state index contributed by atoms with van der Waals surface area (Å²) in [6.07, 6.45) is 5.94. The second kappa shape index (κ2) is 6.13. The maximum atomic E-state index is 12.6. The van der Waals surface area contributed by atoms with Crippen LogP contribution in [0.15, 0.2) is 23.0 Å². The first-order chi connectivity index (χ1) is 10.7. The maximum Gasteiger partial charge on any atom is 0.293 e. The van der Waals surface area contributed by atoms with Crippen molar-refractivity contribution >= 4 is 11.7 Å². The number of carbonyl (C=O) groups is 1. The van der Waals surface area contributed by atoms with Gasteiger partial charge in [-0.3, -0.25) is 9.78 Å². The Bertz CT molecular complexity index is 669. The molecule has 2 aromatic rings. The molecular weight excluding hydrogens is 282 g/mol. The van der Waals surface area contributed by atoms with Crippen molar-refractivity contribution in [2.75, 3.05) is 18.9 Å². The van der Waals surface area contributed by atoms with Crippen molar-refractivity contribution in [2.45, 2.75) is 32.2 Å². The van der Waals surface area contributed by atoms with Crippen molar-refractivity contribution in [3.05, 3.63) is 35.6 Å². The lowest BCUT2D eigenvalue weighted by Gasteiger charge is -2.23. The molecule has 0 bridgehead atoms. The van der Waals surface area contributed by atoms with E-state index in [1.54, 1.807) is 30.4 Å². The van der Waals surface area contributed by atoms with Gasteiger partial charge in [-0.2, -0.15) is 0 Å². The van der Waals surface area contributed by atoms with Crippen LogP contribution in [0.4, 0.5) is 5.82 Å². The van der Waals surface area contributed by atoms with E-state index in [-0.39, 0.29) is 11.9 Å². The molecule has 2 aromatic heterocycles. The van der Waals surface area contributed by atoms with Gasteiger partial charge in [0.2, 0.25) is 5.76 Å². The molecule has 0 aromatic carbocycles. The highest BCUT2D eigenvalue weighted by Gasteiger charge is 2.33. The van der Waals surface area contributed by atoms with Gasteiger partial charge >= 0.3 is 0 Å². The molecule has 3 rings (SSSR count). The summed E-state index contributed by atoms with van der Waals surface area (Å²) >= 11 is 0. The molecule has 0 spiro atoms. The third-order valence-corrected chi connectivity index (χ3v) is 3.90. The number of nitrogens with zero attached hydrogens (tertiary/aromatic N) is 4. The van der Waals surface area contributed by atoms with E-state index in [9.17, 15) is 4.79 Å². The summed E-state index contributed by atoms with van der Waals surface area (Å²) in [5.74, 6) is 0.859. The zero-order valence-electron chi connectivity index (χ0n) is 12.7. The number of hydrogen-bond acceptors (Lipinski definition) is 6. The van der Waals surface area contributed by atoms with Gasteiger partial charge in [-0.25, -0.2) is 4.98 Å². The normalized spacial score (nSPS) is 17.7. The first kappa shape index (κ1) is 14.5. The van der Waals surface area contributed by atoms with E-state index in [0.717, 1.165) is 30.7 Å². The Morgan fingerprint density at radius 2 is 2.36 bits per heavy atom. The molecule has 116 valence electrons. The molecule has 7 heteroatoms. The summed E-state index contributed by atoms with van der Waals surface area (Å²) in [6.45, 7) is 2.67. The molecular formula is C15H19N5O2. The van der Waals surface area contributed by atoms with Crippen LogP contribution in [0, 0.1) is 0 Å². The highest BCUT2D eigenvalue weighted by molar-refractivity contribution is 5.92. The zero-order chi connectivity index (χ0) is 15.5. The van der Waals surface area contributed by atoms with Crippen LogP contribution in [-0.4, -0.2) is 39.5 Å². The lowest BCUT2D eigenvalue weighted by molar-refractivity contribution is 0.0690. The van der Waals surface area contributed by atoms with E-state index in [0.29, 0.717) is 18.1 Å². The fraction of sp³-hybridized carbons (Fsp3) is 0.467. The minimum atomic E-state index is -0.133. The minimum Gasteiger partial charge on any atom is -0.372 e. The number of nitrogens with one attached hydrogen (secondary N) is 1. The van der Waals surface area contributed by atoms with Gasteiger partial charge in [0.15, 0.2) is 0 Å². The second-order valence-corrected chi connectivity index (χ2v) is 5.27. The molecule has 0 aliphatic carbocycles. The molecule has 7 nitrogen and oxygen atoms in total. The molecule has 1 aliphatic rings. The molecule has 1 fully saturated rings. The molecule has 0 saturated carbocycles. The van der Waals surface area contributed by atoms with Crippen molar-refractivity contribution in [3.8, 4) is 0 Å². The van der Waals surface area contributed by atoms with Gasteiger partial charge in [-0.15, -0.1) is 0 Å². The average Bonchev–Trinajstić information content (AvgIpc) is 3.23. The number of anilines is 1. The Labute approximate surface area is 128 Å². The zero-order valence-corrected chi connectivity index (χ0v) is 12.7. The van der Waals surface area contributed by atoms with Crippen molar-refractivity contribution in [1.82, 2.24) is 20.0 Å². The van der Waals surface area contributed by atoms with E-state index >= 15 is 0 Å². The third-order valence-electron chi connectivity index (χ3n) is 3.90. The van der Waals surface area contributed by atoms with Crippen LogP contribution in [0.25, 0.3) is 0 Å². The Morgan fingerprint density at radius 3 is 3.09 bits per heavy atom. The predicted octanol–water partition coefficient (Wildman–Crippen LogP) is 2.05. The van der Waals surface area contributed by atoms with Crippen LogP contribution < -0.4 is 5.32 Å². The van der Waals surface area contributed by atoms with E-state index < -0.39 is 0 Å². The maximum absolute atomic E-state index is 12.6. The van der Waals surface area contributed by atoms with Gasteiger partial charge < -0.3 is 14.7 Å². The minimum absolute atomic E-state index is 0.0662. The molecule has 1 N–H and O–H groups in total. The summed E-state index contributed by atoms with van der Waals surface area (Å²) in [6, 6.07) is 1.65. The first-order valence-corrected chi connectivity index (χ1v) is 7.49. The van der Waals surface area contributed by atoms with Gasteiger partial charge in [-0.05, 0) is 19.3 Å². The fourth-order valence-corrected chi connectivity index (χ4v) is 2.70. The lowest BCUT2D eigenvalue weighted by Crippen LogP contribution is -2.30. The highest BCUT2D eigenvalue weighted by Crippen LogP contribution is 2.32. The number of likely N-dealkylation sites (tertiary alicyclic amines) is 1. The number of hydrogen-bond donors (Lipinski definition) is 1. The largest absolute Gasteiger partial charge is 0.372 e. The van der Waals surface area contributed by atoms with Crippen molar-refractivity contribution in [2.24, 2.45) is 0 Å². The van der Waals surface area contributed by atoms with Crippen molar-refractivity contribution < 1.29 is 9.32 Å². The van der Waals surface area contributed by atoms with Crippen LogP contribution in [0.2, 0.25) is 0 Å². The topological polar surface area (TPSA) is 84.2 Å². The fourth-order valence-electron chi connectivity index (χ4n) is 2.70. The molecule has 0 radical (unpaired) electrons. The molecule has 22 heavy (non-hydrogen) atoms. The van der Waals surface area contributed by atoms with Crippen LogP contribution >= 0.6 is 0 Å². The van der Waals surface area contributed by atoms with Gasteiger partial charge in [0.05, 0.1) is 29.8 Å². The number of aromatic nitrogens is 3. The summed E-state index contributed by atoms with van der Waals surface area (Å²) in [5, 5.41) is 6.86. The van der Waals surface area contributed by atoms with Crippen LogP contribution in [0.3, 0.4) is 0 Å². The molecule has 1 atom stereocenters. The summed E-state index contributed by atoms with van der Waals surface area (Å²) in [4.78, 5) is 23.1. The Balaban J connectivity index is 1.84. The van der Waals surface area contributed by atoms with Gasteiger partial charge in [0.1, 0.15) is 5.82 Å². The van der Waals surface area contributed by atoms with Crippen molar-refractivity contribution in [3.63, 3.8) is 0 Å². The summed E-state index contributed by atoms with van der Waals surface area (Å²) in [5.41, 5.74) is 1.59. The van der Waals surface area contributed by atoms with Crippen LogP contribution in [-0.2, 0) is 6.42 Å². The lowest BCUT2D eigenvalue weighted by atomic mass is 10.1. The Hall–Kier alpha value is -2.44. The monoisotopic (exact) mass is 301 g/mol. The average molecular weight is 301 g/mol. The number of amides is 1. The molecule has 1 aliphatic heterocycles. The number of rotatable bonds is 4. The highest BCUT2D eigenvalue weighted by atomic mass is 16.5. The third kappa shape index (κ3) is 2.66. The van der Waals surface area contributed by atoms with Gasteiger partial charge in [0, 0.05) is 19.7 Å². The quantitative estimate of drug-likeness (QED) is 0.930. The molecule has 1 saturated heterocycles. The molecule has 3 heterocycles. The van der Waals surface area contributed by atoms with Gasteiger partial charge in [0.25, 0.3) is 5.91 Å². The second-order valence-electron chi connectivity index (χ2n) is 5.27. The van der Waals surface area contributed by atoms with E-state index in [1.807, 2.05) is 6.92 Å². The smallest absolute Gasteiger partial charge is 0.293 e. The summed E-state index contributed by atoms with van der Waals surface area (Å²) in [7, 11) is 1.80. The standard InChI is InChI=1S/C15H19N5O2/c1-3-10-7-13(22-19-10)15(21)20-6-4-5-12(20)11-8-17-9-14(16-2)18-11/h7-9,12H,3-6H2,1-2H3,(H,16,18). The van der Waals surface area contributed by atoms with Crippen LogP contribution in [0.5, 0.6) is 0 Å². The van der Waals surface area contributed by atoms with Crippen LogP contribution in [0.1, 0.15) is 47.7 Å². The Kier molecular flexibility index (Phi) is 4.04. The SMILES string of the molecule is CCc1cc(C(=O)N2CCCC2c2cncc(NC)n2)on1.